The second kappa shape index (κ2) is 6.70. The summed E-state index contributed by atoms with van der Waals surface area (Å²) in [7, 11) is 0. The number of fused-ring (bicyclic) bond motifs is 4. The van der Waals surface area contributed by atoms with Crippen LogP contribution >= 0.6 is 11.8 Å². The van der Waals surface area contributed by atoms with Gasteiger partial charge in [-0.15, -0.1) is 11.8 Å². The van der Waals surface area contributed by atoms with Crippen molar-refractivity contribution >= 4 is 39.2 Å². The van der Waals surface area contributed by atoms with Gasteiger partial charge in [-0.25, -0.2) is 4.98 Å². The topological polar surface area (TPSA) is 41.1 Å². The molecule has 0 amide bonds. The second-order valence-corrected chi connectivity index (χ2v) is 7.83. The van der Waals surface area contributed by atoms with Crippen molar-refractivity contribution in [2.75, 3.05) is 0 Å². The number of pyridine rings is 1. The average molecular weight is 379 g/mol. The molecule has 5 aromatic rings. The normalized spacial score (nSPS) is 11.3. The van der Waals surface area contributed by atoms with Crippen LogP contribution in [0.25, 0.3) is 27.5 Å². The zero-order valence-corrected chi connectivity index (χ0v) is 16.2. The molecule has 0 spiro atoms. The first-order valence-corrected chi connectivity index (χ1v) is 10.1. The van der Waals surface area contributed by atoms with E-state index in [2.05, 4.69) is 65.1 Å². The third-order valence-electron chi connectivity index (χ3n) is 5.11. The number of aromatic nitrogens is 2. The summed E-state index contributed by atoms with van der Waals surface area (Å²) in [6.45, 7) is 1.99. The lowest BCUT2D eigenvalue weighted by Crippen LogP contribution is -1.97. The van der Waals surface area contributed by atoms with Crippen LogP contribution in [0.4, 0.5) is 0 Å². The lowest BCUT2D eigenvalue weighted by molar-refractivity contribution is 1.04. The van der Waals surface area contributed by atoms with Crippen LogP contribution in [-0.2, 0) is 5.75 Å². The molecular formula is C24H17N3S. The molecule has 5 rings (SSSR count). The molecule has 0 aliphatic carbocycles. The monoisotopic (exact) mass is 379 g/mol. The van der Waals surface area contributed by atoms with Gasteiger partial charge in [0.05, 0.1) is 21.6 Å². The molecule has 0 aliphatic heterocycles. The van der Waals surface area contributed by atoms with Gasteiger partial charge in [-0.1, -0.05) is 54.6 Å². The SMILES string of the molecule is Cc1cc(SCc2cccc3ccccc23)n2c(nc3ccccc32)c1C#N. The quantitative estimate of drug-likeness (QED) is 0.355. The highest BCUT2D eigenvalue weighted by molar-refractivity contribution is 7.98. The minimum absolute atomic E-state index is 0.644. The maximum atomic E-state index is 9.65. The van der Waals surface area contributed by atoms with Crippen molar-refractivity contribution in [2.45, 2.75) is 17.7 Å². The number of aryl methyl sites for hydroxylation is 1. The molecule has 0 atom stereocenters. The Kier molecular flexibility index (Phi) is 4.03. The summed E-state index contributed by atoms with van der Waals surface area (Å²) in [6.07, 6.45) is 0. The average Bonchev–Trinajstić information content (AvgIpc) is 3.11. The van der Waals surface area contributed by atoms with Gasteiger partial charge in [0.15, 0.2) is 5.65 Å². The zero-order chi connectivity index (χ0) is 19.1. The fourth-order valence-corrected chi connectivity index (χ4v) is 4.86. The Hall–Kier alpha value is -3.29. The summed E-state index contributed by atoms with van der Waals surface area (Å²) < 4.78 is 2.12. The predicted octanol–water partition coefficient (Wildman–Crippen LogP) is 6.11. The number of nitriles is 1. The van der Waals surface area contributed by atoms with E-state index >= 15 is 0 Å². The summed E-state index contributed by atoms with van der Waals surface area (Å²) in [5, 5.41) is 13.3. The molecule has 3 aromatic carbocycles. The summed E-state index contributed by atoms with van der Waals surface area (Å²) in [5.74, 6) is 0.855. The molecule has 0 saturated carbocycles. The Bertz CT molecular complexity index is 1390. The van der Waals surface area contributed by atoms with Gasteiger partial charge in [0.25, 0.3) is 0 Å². The number of hydrogen-bond acceptors (Lipinski definition) is 3. The van der Waals surface area contributed by atoms with Crippen LogP contribution < -0.4 is 0 Å². The van der Waals surface area contributed by atoms with Crippen molar-refractivity contribution in [3.05, 3.63) is 89.5 Å². The minimum Gasteiger partial charge on any atom is -0.286 e. The van der Waals surface area contributed by atoms with Crippen LogP contribution in [0.5, 0.6) is 0 Å². The Morgan fingerprint density at radius 1 is 1.00 bits per heavy atom. The molecule has 28 heavy (non-hydrogen) atoms. The molecular weight excluding hydrogens is 362 g/mol. The van der Waals surface area contributed by atoms with E-state index in [9.17, 15) is 5.26 Å². The highest BCUT2D eigenvalue weighted by atomic mass is 32.2. The van der Waals surface area contributed by atoms with Gasteiger partial charge in [-0.3, -0.25) is 4.40 Å². The third kappa shape index (κ3) is 2.64. The molecule has 0 bridgehead atoms. The van der Waals surface area contributed by atoms with E-state index in [0.717, 1.165) is 33.0 Å². The molecule has 0 fully saturated rings. The number of benzene rings is 3. The number of hydrogen-bond donors (Lipinski definition) is 0. The highest BCUT2D eigenvalue weighted by Crippen LogP contribution is 2.32. The zero-order valence-electron chi connectivity index (χ0n) is 15.4. The molecule has 0 saturated heterocycles. The first-order valence-electron chi connectivity index (χ1n) is 9.16. The van der Waals surface area contributed by atoms with Gasteiger partial charge >= 0.3 is 0 Å². The van der Waals surface area contributed by atoms with Gasteiger partial charge in [0, 0.05) is 5.75 Å². The maximum Gasteiger partial charge on any atom is 0.157 e. The highest BCUT2D eigenvalue weighted by Gasteiger charge is 2.15. The van der Waals surface area contributed by atoms with E-state index in [4.69, 9.17) is 4.98 Å². The lowest BCUT2D eigenvalue weighted by Gasteiger charge is -2.11. The van der Waals surface area contributed by atoms with E-state index in [0.29, 0.717) is 5.56 Å². The number of nitrogens with zero attached hydrogens (tertiary/aromatic N) is 3. The number of para-hydroxylation sites is 2. The van der Waals surface area contributed by atoms with Crippen molar-refractivity contribution in [3.8, 4) is 6.07 Å². The second-order valence-electron chi connectivity index (χ2n) is 6.84. The largest absolute Gasteiger partial charge is 0.286 e. The van der Waals surface area contributed by atoms with Crippen LogP contribution in [0.2, 0.25) is 0 Å². The van der Waals surface area contributed by atoms with Crippen LogP contribution in [0.3, 0.4) is 0 Å². The van der Waals surface area contributed by atoms with Gasteiger partial charge in [-0.2, -0.15) is 5.26 Å². The molecule has 2 heterocycles. The van der Waals surface area contributed by atoms with Crippen molar-refractivity contribution in [1.29, 1.82) is 5.26 Å². The van der Waals surface area contributed by atoms with Crippen LogP contribution in [0.15, 0.2) is 77.8 Å². The fourth-order valence-electron chi connectivity index (χ4n) is 3.73. The Morgan fingerprint density at radius 3 is 2.68 bits per heavy atom. The standard InChI is InChI=1S/C24H17N3S/c1-16-13-23(28-15-18-9-6-8-17-7-2-3-10-19(17)18)27-22-12-5-4-11-21(22)26-24(27)20(16)14-25/h2-13H,15H2,1H3. The third-order valence-corrected chi connectivity index (χ3v) is 6.16. The predicted molar refractivity (Wildman–Crippen MR) is 116 cm³/mol. The Labute approximate surface area is 167 Å². The van der Waals surface area contributed by atoms with Crippen LogP contribution in [-0.4, -0.2) is 9.38 Å². The van der Waals surface area contributed by atoms with Crippen LogP contribution in [0.1, 0.15) is 16.7 Å². The van der Waals surface area contributed by atoms with Gasteiger partial charge < -0.3 is 0 Å². The van der Waals surface area contributed by atoms with E-state index in [1.165, 1.54) is 16.3 Å². The number of thioether (sulfide) groups is 1. The molecule has 4 heteroatoms. The minimum atomic E-state index is 0.644. The Morgan fingerprint density at radius 2 is 1.79 bits per heavy atom. The smallest absolute Gasteiger partial charge is 0.157 e. The van der Waals surface area contributed by atoms with Crippen molar-refractivity contribution < 1.29 is 0 Å². The van der Waals surface area contributed by atoms with Crippen molar-refractivity contribution in [2.24, 2.45) is 0 Å². The summed E-state index contributed by atoms with van der Waals surface area (Å²) in [4.78, 5) is 4.74. The molecule has 0 aliphatic rings. The Balaban J connectivity index is 1.66. The molecule has 2 aromatic heterocycles. The van der Waals surface area contributed by atoms with Gasteiger partial charge in [-0.05, 0) is 47.0 Å². The molecule has 0 N–H and O–H groups in total. The molecule has 3 nitrogen and oxygen atoms in total. The van der Waals surface area contributed by atoms with Crippen molar-refractivity contribution in [1.82, 2.24) is 9.38 Å². The summed E-state index contributed by atoms with van der Waals surface area (Å²) in [5.41, 5.74) is 5.61. The summed E-state index contributed by atoms with van der Waals surface area (Å²) >= 11 is 1.78. The maximum absolute atomic E-state index is 9.65. The van der Waals surface area contributed by atoms with E-state index in [-0.39, 0.29) is 0 Å². The lowest BCUT2D eigenvalue weighted by atomic mass is 10.1. The fraction of sp³-hybridized carbons (Fsp3) is 0.0833. The summed E-state index contributed by atoms with van der Waals surface area (Å²) in [6, 6.07) is 27.4. The molecule has 134 valence electrons. The number of imidazole rings is 1. The molecule has 0 unspecified atom stereocenters. The van der Waals surface area contributed by atoms with Gasteiger partial charge in [0.1, 0.15) is 6.07 Å². The van der Waals surface area contributed by atoms with E-state index in [1.807, 2.05) is 25.1 Å². The molecule has 0 radical (unpaired) electrons. The van der Waals surface area contributed by atoms with E-state index < -0.39 is 0 Å². The first-order chi connectivity index (χ1) is 13.8. The first kappa shape index (κ1) is 16.9. The number of rotatable bonds is 3. The van der Waals surface area contributed by atoms with E-state index in [1.54, 1.807) is 11.8 Å². The van der Waals surface area contributed by atoms with Crippen LogP contribution in [0, 0.1) is 18.3 Å². The van der Waals surface area contributed by atoms with Crippen molar-refractivity contribution in [3.63, 3.8) is 0 Å². The van der Waals surface area contributed by atoms with Gasteiger partial charge in [0.2, 0.25) is 0 Å².